The van der Waals surface area contributed by atoms with E-state index in [-0.39, 0.29) is 0 Å². The molecule has 2 fully saturated rings. The van der Waals surface area contributed by atoms with Gasteiger partial charge in [0.15, 0.2) is 0 Å². The van der Waals surface area contributed by atoms with Crippen molar-refractivity contribution in [1.82, 2.24) is 14.9 Å². The molecule has 1 aromatic carbocycles. The molecule has 4 rings (SSSR count). The number of para-hydroxylation sites is 1. The normalized spacial score (nSPS) is 24.6. The van der Waals surface area contributed by atoms with Crippen LogP contribution in [0.2, 0.25) is 0 Å². The van der Waals surface area contributed by atoms with Gasteiger partial charge in [-0.1, -0.05) is 12.1 Å². The van der Waals surface area contributed by atoms with Crippen molar-refractivity contribution in [3.63, 3.8) is 0 Å². The molecule has 0 bridgehead atoms. The van der Waals surface area contributed by atoms with Gasteiger partial charge in [-0.05, 0) is 37.8 Å². The summed E-state index contributed by atoms with van der Waals surface area (Å²) < 4.78 is 11.5. The Morgan fingerprint density at radius 1 is 1.08 bits per heavy atom. The molecule has 0 radical (unpaired) electrons. The number of nitrogens with zero attached hydrogens (tertiary/aromatic N) is 3. The number of aromatic nitrogens is 2. The lowest BCUT2D eigenvalue weighted by atomic mass is 9.93. The van der Waals surface area contributed by atoms with Gasteiger partial charge in [-0.3, -0.25) is 4.90 Å². The number of fused-ring (bicyclic) bond motifs is 1. The highest BCUT2D eigenvalue weighted by atomic mass is 16.5. The summed E-state index contributed by atoms with van der Waals surface area (Å²) in [5.74, 6) is 0.951. The Labute approximate surface area is 154 Å². The Bertz CT molecular complexity index is 692. The Hall–Kier alpha value is -1.76. The standard InChI is InChI=1S/C20H28N4O2/c1-2-4-19-18(3-1)20(22-15-21-19)23-16-5-7-17(8-6-16)26-14-11-24-9-12-25-13-10-24/h1-4,15-17H,5-14H2,(H,21,22,23). The van der Waals surface area contributed by atoms with Crippen molar-refractivity contribution in [2.45, 2.75) is 37.8 Å². The zero-order valence-electron chi connectivity index (χ0n) is 15.3. The highest BCUT2D eigenvalue weighted by Gasteiger charge is 2.22. The number of anilines is 1. The second-order valence-corrected chi connectivity index (χ2v) is 7.18. The molecule has 0 atom stereocenters. The van der Waals surface area contributed by atoms with Gasteiger partial charge in [0.2, 0.25) is 0 Å². The first-order valence-corrected chi connectivity index (χ1v) is 9.76. The fraction of sp³-hybridized carbons (Fsp3) is 0.600. The quantitative estimate of drug-likeness (QED) is 0.859. The molecule has 2 aromatic rings. The van der Waals surface area contributed by atoms with E-state index in [4.69, 9.17) is 9.47 Å². The van der Waals surface area contributed by atoms with E-state index in [1.165, 1.54) is 0 Å². The van der Waals surface area contributed by atoms with Gasteiger partial charge in [0.25, 0.3) is 0 Å². The fourth-order valence-electron chi connectivity index (χ4n) is 3.86. The highest BCUT2D eigenvalue weighted by Crippen LogP contribution is 2.26. The molecule has 6 heteroatoms. The molecular formula is C20H28N4O2. The van der Waals surface area contributed by atoms with Crippen molar-refractivity contribution in [3.8, 4) is 0 Å². The van der Waals surface area contributed by atoms with E-state index in [2.05, 4.69) is 26.3 Å². The minimum Gasteiger partial charge on any atom is -0.379 e. The molecule has 140 valence electrons. The Morgan fingerprint density at radius 2 is 1.88 bits per heavy atom. The van der Waals surface area contributed by atoms with E-state index >= 15 is 0 Å². The summed E-state index contributed by atoms with van der Waals surface area (Å²) in [4.78, 5) is 11.2. The lowest BCUT2D eigenvalue weighted by molar-refractivity contribution is -0.00919. The van der Waals surface area contributed by atoms with Crippen LogP contribution >= 0.6 is 0 Å². The van der Waals surface area contributed by atoms with Gasteiger partial charge in [0.05, 0.1) is 31.4 Å². The molecule has 1 N–H and O–H groups in total. The van der Waals surface area contributed by atoms with Crippen molar-refractivity contribution >= 4 is 16.7 Å². The number of hydrogen-bond acceptors (Lipinski definition) is 6. The van der Waals surface area contributed by atoms with Crippen molar-refractivity contribution in [2.75, 3.05) is 44.8 Å². The average molecular weight is 356 g/mol. The molecule has 2 aliphatic rings. The van der Waals surface area contributed by atoms with Gasteiger partial charge in [-0.25, -0.2) is 9.97 Å². The van der Waals surface area contributed by atoms with Crippen LogP contribution < -0.4 is 5.32 Å². The molecule has 1 aliphatic carbocycles. The van der Waals surface area contributed by atoms with Crippen molar-refractivity contribution < 1.29 is 9.47 Å². The van der Waals surface area contributed by atoms with Crippen LogP contribution in [0.15, 0.2) is 30.6 Å². The number of morpholine rings is 1. The van der Waals surface area contributed by atoms with Crippen LogP contribution in [0.4, 0.5) is 5.82 Å². The van der Waals surface area contributed by atoms with Crippen molar-refractivity contribution in [3.05, 3.63) is 30.6 Å². The smallest absolute Gasteiger partial charge is 0.137 e. The van der Waals surface area contributed by atoms with E-state index in [1.807, 2.05) is 18.2 Å². The number of nitrogens with one attached hydrogen (secondary N) is 1. The Kier molecular flexibility index (Phi) is 5.94. The zero-order chi connectivity index (χ0) is 17.6. The van der Waals surface area contributed by atoms with E-state index in [9.17, 15) is 0 Å². The minimum absolute atomic E-state index is 0.399. The van der Waals surface area contributed by atoms with Crippen LogP contribution in [0, 0.1) is 0 Å². The summed E-state index contributed by atoms with van der Waals surface area (Å²) in [6, 6.07) is 8.63. The topological polar surface area (TPSA) is 59.5 Å². The molecule has 1 saturated heterocycles. The third-order valence-electron chi connectivity index (χ3n) is 5.42. The van der Waals surface area contributed by atoms with Crippen LogP contribution in [0.25, 0.3) is 10.9 Å². The summed E-state index contributed by atoms with van der Waals surface area (Å²) in [5.41, 5.74) is 0.991. The molecule has 6 nitrogen and oxygen atoms in total. The first kappa shape index (κ1) is 17.6. The largest absolute Gasteiger partial charge is 0.379 e. The van der Waals surface area contributed by atoms with Crippen LogP contribution in [-0.4, -0.2) is 66.5 Å². The van der Waals surface area contributed by atoms with Crippen LogP contribution in [-0.2, 0) is 9.47 Å². The van der Waals surface area contributed by atoms with Gasteiger partial charge in [0, 0.05) is 31.1 Å². The van der Waals surface area contributed by atoms with Crippen LogP contribution in [0.1, 0.15) is 25.7 Å². The predicted octanol–water partition coefficient (Wildman–Crippen LogP) is 2.70. The van der Waals surface area contributed by atoms with Crippen LogP contribution in [0.3, 0.4) is 0 Å². The average Bonchev–Trinajstić information content (AvgIpc) is 2.70. The number of hydrogen-bond donors (Lipinski definition) is 1. The second-order valence-electron chi connectivity index (χ2n) is 7.18. The Morgan fingerprint density at radius 3 is 2.73 bits per heavy atom. The molecule has 0 amide bonds. The molecular weight excluding hydrogens is 328 g/mol. The number of rotatable bonds is 6. The van der Waals surface area contributed by atoms with E-state index < -0.39 is 0 Å². The molecule has 26 heavy (non-hydrogen) atoms. The third kappa shape index (κ3) is 4.50. The van der Waals surface area contributed by atoms with E-state index in [1.54, 1.807) is 6.33 Å². The molecule has 0 unspecified atom stereocenters. The fourth-order valence-corrected chi connectivity index (χ4v) is 3.86. The summed E-state index contributed by atoms with van der Waals surface area (Å²) in [6.07, 6.45) is 6.52. The van der Waals surface area contributed by atoms with Gasteiger partial charge < -0.3 is 14.8 Å². The predicted molar refractivity (Wildman–Crippen MR) is 102 cm³/mol. The zero-order valence-corrected chi connectivity index (χ0v) is 15.3. The second kappa shape index (κ2) is 8.75. The highest BCUT2D eigenvalue weighted by molar-refractivity contribution is 5.88. The van der Waals surface area contributed by atoms with E-state index in [0.717, 1.165) is 81.9 Å². The van der Waals surface area contributed by atoms with E-state index in [0.29, 0.717) is 12.1 Å². The lowest BCUT2D eigenvalue weighted by Crippen LogP contribution is -2.39. The first-order chi connectivity index (χ1) is 12.9. The SMILES string of the molecule is c1ccc2c(NC3CCC(OCCN4CCOCC4)CC3)ncnc2c1. The first-order valence-electron chi connectivity index (χ1n) is 9.76. The molecule has 1 aliphatic heterocycles. The Balaban J connectivity index is 1.22. The molecule has 1 aromatic heterocycles. The molecule has 0 spiro atoms. The summed E-state index contributed by atoms with van der Waals surface area (Å²) in [6.45, 7) is 5.64. The maximum atomic E-state index is 6.12. The molecule has 2 heterocycles. The summed E-state index contributed by atoms with van der Waals surface area (Å²) in [7, 11) is 0. The third-order valence-corrected chi connectivity index (χ3v) is 5.42. The maximum Gasteiger partial charge on any atom is 0.137 e. The van der Waals surface area contributed by atoms with Crippen molar-refractivity contribution in [2.24, 2.45) is 0 Å². The van der Waals surface area contributed by atoms with Gasteiger partial charge >= 0.3 is 0 Å². The molecule has 1 saturated carbocycles. The number of benzene rings is 1. The lowest BCUT2D eigenvalue weighted by Gasteiger charge is -2.31. The minimum atomic E-state index is 0.399. The monoisotopic (exact) mass is 356 g/mol. The maximum absolute atomic E-state index is 6.12. The summed E-state index contributed by atoms with van der Waals surface area (Å²) in [5, 5.41) is 4.72. The van der Waals surface area contributed by atoms with Gasteiger partial charge in [-0.2, -0.15) is 0 Å². The van der Waals surface area contributed by atoms with Gasteiger partial charge in [-0.15, -0.1) is 0 Å². The van der Waals surface area contributed by atoms with Crippen LogP contribution in [0.5, 0.6) is 0 Å². The van der Waals surface area contributed by atoms with Crippen molar-refractivity contribution in [1.29, 1.82) is 0 Å². The number of ether oxygens (including phenoxy) is 2. The summed E-state index contributed by atoms with van der Waals surface area (Å²) >= 11 is 0. The van der Waals surface area contributed by atoms with Gasteiger partial charge in [0.1, 0.15) is 12.1 Å².